The van der Waals surface area contributed by atoms with Crippen LogP contribution in [0.3, 0.4) is 0 Å². The molecule has 0 amide bonds. The minimum atomic E-state index is -0.269. The summed E-state index contributed by atoms with van der Waals surface area (Å²) in [6, 6.07) is 16.3. The van der Waals surface area contributed by atoms with Crippen molar-refractivity contribution in [1.82, 2.24) is 0 Å². The lowest BCUT2D eigenvalue weighted by Crippen LogP contribution is -2.76. The molecule has 5 heteroatoms. The van der Waals surface area contributed by atoms with Crippen LogP contribution in [0.1, 0.15) is 100 Å². The van der Waals surface area contributed by atoms with Crippen molar-refractivity contribution in [3.05, 3.63) is 70.6 Å². The van der Waals surface area contributed by atoms with Gasteiger partial charge in [0.1, 0.15) is 17.9 Å². The average molecular weight is 570 g/mol. The molecule has 1 aliphatic heterocycles. The predicted octanol–water partition coefficient (Wildman–Crippen LogP) is 7.94. The fraction of sp³-hybridized carbons (Fsp3) is 0.459. The molecule has 0 saturated heterocycles. The van der Waals surface area contributed by atoms with Crippen molar-refractivity contribution in [3.8, 4) is 22.5 Å². The molecule has 2 aliphatic rings. The van der Waals surface area contributed by atoms with E-state index < -0.39 is 0 Å². The Morgan fingerprint density at radius 3 is 2.26 bits per heavy atom. The molecule has 2 aromatic rings. The SMILES string of the molecule is CCCCCCCCCCCOC(=O)c1ccccc1-c1c2cc(C)c(=[NH+]CC)cc-2oc2cc(NCC)c(C)cc12. The minimum absolute atomic E-state index is 0.269. The third-order valence-electron chi connectivity index (χ3n) is 8.04. The summed E-state index contributed by atoms with van der Waals surface area (Å²) < 4.78 is 12.4. The maximum absolute atomic E-state index is 13.5. The number of fused-ring (bicyclic) bond motifs is 2. The van der Waals surface area contributed by atoms with Gasteiger partial charge in [-0.25, -0.2) is 9.79 Å². The first-order chi connectivity index (χ1) is 20.5. The van der Waals surface area contributed by atoms with Crippen LogP contribution in [0.15, 0.2) is 52.9 Å². The van der Waals surface area contributed by atoms with Crippen LogP contribution in [0.2, 0.25) is 0 Å². The van der Waals surface area contributed by atoms with E-state index in [4.69, 9.17) is 9.15 Å². The number of hydrogen-bond acceptors (Lipinski definition) is 4. The van der Waals surface area contributed by atoms with E-state index in [2.05, 4.69) is 69.2 Å². The van der Waals surface area contributed by atoms with Crippen molar-refractivity contribution < 1.29 is 18.9 Å². The number of carbonyl (C=O) groups is 1. The van der Waals surface area contributed by atoms with Gasteiger partial charge in [0.25, 0.3) is 0 Å². The van der Waals surface area contributed by atoms with Gasteiger partial charge in [0.15, 0.2) is 0 Å². The predicted molar refractivity (Wildman–Crippen MR) is 174 cm³/mol. The van der Waals surface area contributed by atoms with E-state index in [9.17, 15) is 4.79 Å². The molecular weight excluding hydrogens is 520 g/mol. The average Bonchev–Trinajstić information content (AvgIpc) is 2.98. The number of unbranched alkanes of at least 4 members (excludes halogenated alkanes) is 8. The maximum Gasteiger partial charge on any atom is 0.338 e. The summed E-state index contributed by atoms with van der Waals surface area (Å²) >= 11 is 0. The van der Waals surface area contributed by atoms with Crippen LogP contribution in [-0.4, -0.2) is 25.7 Å². The van der Waals surface area contributed by atoms with Crippen molar-refractivity contribution in [1.29, 1.82) is 0 Å². The van der Waals surface area contributed by atoms with E-state index in [1.165, 1.54) is 44.9 Å². The zero-order chi connectivity index (χ0) is 29.9. The number of nitrogens with one attached hydrogen (secondary N) is 2. The fourth-order valence-electron chi connectivity index (χ4n) is 5.79. The summed E-state index contributed by atoms with van der Waals surface area (Å²) in [5, 5.41) is 5.48. The van der Waals surface area contributed by atoms with E-state index in [1.807, 2.05) is 24.3 Å². The lowest BCUT2D eigenvalue weighted by Gasteiger charge is -2.19. The Balaban J connectivity index is 1.65. The zero-order valence-electron chi connectivity index (χ0n) is 26.3. The van der Waals surface area contributed by atoms with Crippen LogP contribution in [0.25, 0.3) is 33.4 Å². The number of rotatable bonds is 15. The second-order valence-corrected chi connectivity index (χ2v) is 11.4. The fourth-order valence-corrected chi connectivity index (χ4v) is 5.79. The second-order valence-electron chi connectivity index (χ2n) is 11.4. The number of anilines is 1. The summed E-state index contributed by atoms with van der Waals surface area (Å²) in [6.45, 7) is 12.7. The van der Waals surface area contributed by atoms with Gasteiger partial charge in [0.05, 0.1) is 18.2 Å². The molecule has 0 atom stereocenters. The number of hydrogen-bond donors (Lipinski definition) is 2. The van der Waals surface area contributed by atoms with Gasteiger partial charge in [-0.05, 0) is 63.4 Å². The minimum Gasteiger partial charge on any atom is -0.462 e. The van der Waals surface area contributed by atoms with E-state index in [0.29, 0.717) is 12.2 Å². The van der Waals surface area contributed by atoms with Gasteiger partial charge in [0, 0.05) is 40.4 Å². The van der Waals surface area contributed by atoms with Crippen LogP contribution in [0.5, 0.6) is 0 Å². The molecule has 0 spiro atoms. The Hall–Kier alpha value is -3.60. The van der Waals surface area contributed by atoms with Crippen molar-refractivity contribution in [2.45, 2.75) is 92.4 Å². The molecule has 0 saturated carbocycles. The second kappa shape index (κ2) is 15.6. The highest BCUT2D eigenvalue weighted by Gasteiger charge is 2.24. The van der Waals surface area contributed by atoms with E-state index in [0.717, 1.165) is 81.5 Å². The Kier molecular flexibility index (Phi) is 11.6. The molecule has 224 valence electrons. The third kappa shape index (κ3) is 7.61. The molecule has 5 nitrogen and oxygen atoms in total. The van der Waals surface area contributed by atoms with Gasteiger partial charge in [-0.3, -0.25) is 0 Å². The summed E-state index contributed by atoms with van der Waals surface area (Å²) in [6.07, 6.45) is 11.1. The molecule has 2 aromatic carbocycles. The molecular formula is C37H49N2O3+. The summed E-state index contributed by atoms with van der Waals surface area (Å²) in [4.78, 5) is 16.9. The number of esters is 1. The highest BCUT2D eigenvalue weighted by atomic mass is 16.5. The first kappa shape index (κ1) is 31.3. The van der Waals surface area contributed by atoms with Crippen LogP contribution in [0, 0.1) is 13.8 Å². The Morgan fingerprint density at radius 1 is 0.833 bits per heavy atom. The molecule has 0 radical (unpaired) electrons. The molecule has 2 N–H and O–H groups in total. The van der Waals surface area contributed by atoms with Crippen molar-refractivity contribution in [2.75, 3.05) is 25.0 Å². The molecule has 1 aliphatic carbocycles. The van der Waals surface area contributed by atoms with E-state index >= 15 is 0 Å². The Labute approximate surface area is 251 Å². The molecule has 0 unspecified atom stereocenters. The highest BCUT2D eigenvalue weighted by molar-refractivity contribution is 6.08. The van der Waals surface area contributed by atoms with Gasteiger partial charge < -0.3 is 14.5 Å². The number of aryl methyl sites for hydroxylation is 2. The lowest BCUT2D eigenvalue weighted by molar-refractivity contribution is -0.496. The summed E-state index contributed by atoms with van der Waals surface area (Å²) in [5.41, 5.74) is 7.53. The van der Waals surface area contributed by atoms with Gasteiger partial charge in [-0.1, -0.05) is 76.5 Å². The van der Waals surface area contributed by atoms with Crippen molar-refractivity contribution in [3.63, 3.8) is 0 Å². The molecule has 1 heterocycles. The molecule has 0 fully saturated rings. The first-order valence-corrected chi connectivity index (χ1v) is 16.1. The van der Waals surface area contributed by atoms with Gasteiger partial charge in [0.2, 0.25) is 5.36 Å². The number of carbonyl (C=O) groups excluding carboxylic acids is 1. The molecule has 42 heavy (non-hydrogen) atoms. The number of benzene rings is 3. The molecule has 4 rings (SSSR count). The quantitative estimate of drug-likeness (QED) is 0.0866. The normalized spacial score (nSPS) is 11.9. The van der Waals surface area contributed by atoms with Crippen LogP contribution >= 0.6 is 0 Å². The highest BCUT2D eigenvalue weighted by Crippen LogP contribution is 2.43. The third-order valence-corrected chi connectivity index (χ3v) is 8.04. The van der Waals surface area contributed by atoms with Crippen LogP contribution in [-0.2, 0) is 4.74 Å². The van der Waals surface area contributed by atoms with Gasteiger partial charge in [-0.15, -0.1) is 0 Å². The van der Waals surface area contributed by atoms with E-state index in [1.54, 1.807) is 0 Å². The molecule has 0 aromatic heterocycles. The van der Waals surface area contributed by atoms with Crippen LogP contribution in [0.4, 0.5) is 5.69 Å². The van der Waals surface area contributed by atoms with Crippen molar-refractivity contribution >= 4 is 22.6 Å². The zero-order valence-corrected chi connectivity index (χ0v) is 26.3. The van der Waals surface area contributed by atoms with Crippen molar-refractivity contribution in [2.24, 2.45) is 0 Å². The smallest absolute Gasteiger partial charge is 0.338 e. The van der Waals surface area contributed by atoms with E-state index in [-0.39, 0.29) is 5.97 Å². The standard InChI is InChI=1S/C37H48N2O3/c1-6-9-10-11-12-13-14-15-18-21-41-37(40)29-20-17-16-19-28(29)36-30-22-26(4)32(38-7-2)24-34(30)42-35-25-33(39-8-3)27(5)23-31(35)36/h16-17,19-20,22-25,38H,6-15,18,21H2,1-5H3/p+1. The van der Waals surface area contributed by atoms with Crippen LogP contribution < -0.4 is 15.7 Å². The first-order valence-electron chi connectivity index (χ1n) is 16.1. The molecule has 0 bridgehead atoms. The largest absolute Gasteiger partial charge is 0.462 e. The number of ether oxygens (including phenoxy) is 1. The van der Waals surface area contributed by atoms with Gasteiger partial charge in [-0.2, -0.15) is 0 Å². The summed E-state index contributed by atoms with van der Waals surface area (Å²) in [7, 11) is 0. The topological polar surface area (TPSA) is 65.4 Å². The lowest BCUT2D eigenvalue weighted by atomic mass is 9.89. The Morgan fingerprint density at radius 2 is 1.55 bits per heavy atom. The van der Waals surface area contributed by atoms with Gasteiger partial charge >= 0.3 is 5.97 Å². The maximum atomic E-state index is 13.5. The summed E-state index contributed by atoms with van der Waals surface area (Å²) in [5.74, 6) is 0.512. The Bertz CT molecular complexity index is 1520. The monoisotopic (exact) mass is 569 g/mol.